The maximum atomic E-state index is 5.86. The third-order valence-electron chi connectivity index (χ3n) is 3.21. The van der Waals surface area contributed by atoms with Gasteiger partial charge >= 0.3 is 0 Å². The number of nitrogens with zero attached hydrogens (tertiary/aromatic N) is 2. The van der Waals surface area contributed by atoms with Crippen molar-refractivity contribution in [2.75, 3.05) is 51.8 Å². The second-order valence-corrected chi connectivity index (χ2v) is 5.35. The second kappa shape index (κ2) is 7.49. The molecule has 3 nitrogen and oxygen atoms in total. The number of rotatable bonds is 6. The van der Waals surface area contributed by atoms with Gasteiger partial charge in [0.2, 0.25) is 0 Å². The third-order valence-corrected chi connectivity index (χ3v) is 3.91. The lowest BCUT2D eigenvalue weighted by atomic mass is 10.1. The van der Waals surface area contributed by atoms with Crippen LogP contribution in [0.15, 0.2) is 0 Å². The first kappa shape index (κ1) is 13.3. The molecule has 1 aliphatic rings. The van der Waals surface area contributed by atoms with E-state index in [0.717, 1.165) is 6.54 Å². The molecule has 0 aromatic heterocycles. The Bertz CT molecular complexity index is 158. The van der Waals surface area contributed by atoms with E-state index in [1.165, 1.54) is 44.8 Å². The summed E-state index contributed by atoms with van der Waals surface area (Å²) in [6.45, 7) is 5.59. The second-order valence-electron chi connectivity index (χ2n) is 4.36. The normalized spacial score (nSPS) is 21.8. The first-order chi connectivity index (χ1) is 7.27. The number of hydrogen-bond donors (Lipinski definition) is 1. The van der Waals surface area contributed by atoms with Crippen LogP contribution in [0, 0.1) is 0 Å². The molecule has 1 saturated heterocycles. The predicted octanol–water partition coefficient (Wildman–Crippen LogP) is 0.704. The molecule has 0 aromatic carbocycles. The van der Waals surface area contributed by atoms with Crippen molar-refractivity contribution in [2.45, 2.75) is 18.9 Å². The molecule has 90 valence electrons. The minimum atomic E-state index is 0.617. The van der Waals surface area contributed by atoms with Gasteiger partial charge in [0.05, 0.1) is 0 Å². The Kier molecular flexibility index (Phi) is 6.64. The van der Waals surface area contributed by atoms with E-state index in [0.29, 0.717) is 6.04 Å². The Morgan fingerprint density at radius 3 is 2.47 bits per heavy atom. The highest BCUT2D eigenvalue weighted by atomic mass is 32.2. The van der Waals surface area contributed by atoms with Crippen LogP contribution in [-0.4, -0.2) is 67.6 Å². The van der Waals surface area contributed by atoms with Gasteiger partial charge in [0.25, 0.3) is 0 Å². The van der Waals surface area contributed by atoms with E-state index in [2.05, 4.69) is 23.1 Å². The van der Waals surface area contributed by atoms with Gasteiger partial charge in [0.15, 0.2) is 0 Å². The zero-order chi connectivity index (χ0) is 11.1. The molecule has 1 atom stereocenters. The fourth-order valence-electron chi connectivity index (χ4n) is 2.10. The van der Waals surface area contributed by atoms with Crippen molar-refractivity contribution in [3.8, 4) is 0 Å². The van der Waals surface area contributed by atoms with Crippen molar-refractivity contribution in [3.05, 3.63) is 0 Å². The molecule has 0 radical (unpaired) electrons. The van der Waals surface area contributed by atoms with Gasteiger partial charge in [-0.1, -0.05) is 0 Å². The van der Waals surface area contributed by atoms with Gasteiger partial charge in [-0.25, -0.2) is 0 Å². The molecular weight excluding hydrogens is 206 g/mol. The molecule has 15 heavy (non-hydrogen) atoms. The Balaban J connectivity index is 2.24. The monoisotopic (exact) mass is 231 g/mol. The van der Waals surface area contributed by atoms with E-state index in [1.807, 2.05) is 11.8 Å². The minimum Gasteiger partial charge on any atom is -0.329 e. The SMILES string of the molecule is CSCCCC(CN)N1CCN(C)CC1. The van der Waals surface area contributed by atoms with Crippen molar-refractivity contribution in [3.63, 3.8) is 0 Å². The predicted molar refractivity (Wildman–Crippen MR) is 69.5 cm³/mol. The summed E-state index contributed by atoms with van der Waals surface area (Å²) in [5, 5.41) is 0. The molecule has 1 unspecified atom stereocenters. The van der Waals surface area contributed by atoms with Crippen LogP contribution < -0.4 is 5.73 Å². The van der Waals surface area contributed by atoms with E-state index in [-0.39, 0.29) is 0 Å². The zero-order valence-corrected chi connectivity index (χ0v) is 10.9. The van der Waals surface area contributed by atoms with Gasteiger partial charge in [-0.15, -0.1) is 0 Å². The molecule has 1 fully saturated rings. The van der Waals surface area contributed by atoms with E-state index in [1.54, 1.807) is 0 Å². The Hall–Kier alpha value is 0.230. The lowest BCUT2D eigenvalue weighted by Gasteiger charge is -2.37. The van der Waals surface area contributed by atoms with Gasteiger partial charge in [-0.3, -0.25) is 4.90 Å². The van der Waals surface area contributed by atoms with E-state index in [9.17, 15) is 0 Å². The minimum absolute atomic E-state index is 0.617. The van der Waals surface area contributed by atoms with Gasteiger partial charge in [0, 0.05) is 38.8 Å². The maximum Gasteiger partial charge on any atom is 0.0219 e. The quantitative estimate of drug-likeness (QED) is 0.682. The number of hydrogen-bond acceptors (Lipinski definition) is 4. The van der Waals surface area contributed by atoms with Crippen molar-refractivity contribution in [2.24, 2.45) is 5.73 Å². The van der Waals surface area contributed by atoms with Crippen LogP contribution in [0.25, 0.3) is 0 Å². The molecule has 2 N–H and O–H groups in total. The summed E-state index contributed by atoms with van der Waals surface area (Å²) < 4.78 is 0. The third kappa shape index (κ3) is 4.72. The van der Waals surface area contributed by atoms with Crippen LogP contribution in [0.5, 0.6) is 0 Å². The first-order valence-corrected chi connectivity index (χ1v) is 7.29. The number of thioether (sulfide) groups is 1. The number of piperazine rings is 1. The Labute approximate surface area is 98.4 Å². The fourth-order valence-corrected chi connectivity index (χ4v) is 2.56. The fraction of sp³-hybridized carbons (Fsp3) is 1.00. The van der Waals surface area contributed by atoms with Gasteiger partial charge in [-0.05, 0) is 31.9 Å². The highest BCUT2D eigenvalue weighted by Crippen LogP contribution is 2.11. The van der Waals surface area contributed by atoms with Crippen molar-refractivity contribution in [1.29, 1.82) is 0 Å². The molecular formula is C11H25N3S. The van der Waals surface area contributed by atoms with E-state index in [4.69, 9.17) is 5.73 Å². The number of nitrogens with two attached hydrogens (primary N) is 1. The summed E-state index contributed by atoms with van der Waals surface area (Å²) in [7, 11) is 2.20. The van der Waals surface area contributed by atoms with Crippen LogP contribution in [0.2, 0.25) is 0 Å². The van der Waals surface area contributed by atoms with Crippen molar-refractivity contribution >= 4 is 11.8 Å². The molecule has 0 amide bonds. The van der Waals surface area contributed by atoms with E-state index < -0.39 is 0 Å². The average Bonchev–Trinajstić information content (AvgIpc) is 2.26. The molecule has 1 rings (SSSR count). The lowest BCUT2D eigenvalue weighted by Crippen LogP contribution is -2.51. The van der Waals surface area contributed by atoms with Crippen LogP contribution in [-0.2, 0) is 0 Å². The average molecular weight is 231 g/mol. The van der Waals surface area contributed by atoms with Crippen molar-refractivity contribution in [1.82, 2.24) is 9.80 Å². The Morgan fingerprint density at radius 1 is 1.27 bits per heavy atom. The lowest BCUT2D eigenvalue weighted by molar-refractivity contribution is 0.110. The maximum absolute atomic E-state index is 5.86. The van der Waals surface area contributed by atoms with Gasteiger partial charge < -0.3 is 10.6 Å². The molecule has 0 saturated carbocycles. The summed E-state index contributed by atoms with van der Waals surface area (Å²) in [4.78, 5) is 4.96. The standard InChI is InChI=1S/C11H25N3S/c1-13-5-7-14(8-6-13)11(10-12)4-3-9-15-2/h11H,3-10,12H2,1-2H3. The van der Waals surface area contributed by atoms with Crippen LogP contribution in [0.4, 0.5) is 0 Å². The molecule has 1 heterocycles. The topological polar surface area (TPSA) is 32.5 Å². The highest BCUT2D eigenvalue weighted by Gasteiger charge is 2.20. The molecule has 0 aliphatic carbocycles. The summed E-state index contributed by atoms with van der Waals surface area (Å²) in [6.07, 6.45) is 4.74. The largest absolute Gasteiger partial charge is 0.329 e. The smallest absolute Gasteiger partial charge is 0.0219 e. The first-order valence-electron chi connectivity index (χ1n) is 5.89. The van der Waals surface area contributed by atoms with Gasteiger partial charge in [0.1, 0.15) is 0 Å². The summed E-state index contributed by atoms with van der Waals surface area (Å²) in [5.74, 6) is 1.27. The molecule has 0 bridgehead atoms. The highest BCUT2D eigenvalue weighted by molar-refractivity contribution is 7.98. The zero-order valence-electron chi connectivity index (χ0n) is 10.1. The molecule has 4 heteroatoms. The van der Waals surface area contributed by atoms with E-state index >= 15 is 0 Å². The van der Waals surface area contributed by atoms with Gasteiger partial charge in [-0.2, -0.15) is 11.8 Å². The Morgan fingerprint density at radius 2 is 1.93 bits per heavy atom. The molecule has 0 aromatic rings. The van der Waals surface area contributed by atoms with Crippen LogP contribution in [0.3, 0.4) is 0 Å². The van der Waals surface area contributed by atoms with Crippen molar-refractivity contribution < 1.29 is 0 Å². The number of likely N-dealkylation sites (N-methyl/N-ethyl adjacent to an activating group) is 1. The molecule has 0 spiro atoms. The van der Waals surface area contributed by atoms with Crippen LogP contribution in [0.1, 0.15) is 12.8 Å². The van der Waals surface area contributed by atoms with Crippen LogP contribution >= 0.6 is 11.8 Å². The summed E-state index contributed by atoms with van der Waals surface area (Å²) in [6, 6.07) is 0.617. The summed E-state index contributed by atoms with van der Waals surface area (Å²) in [5.41, 5.74) is 5.86. The summed E-state index contributed by atoms with van der Waals surface area (Å²) >= 11 is 1.93. The molecule has 1 aliphatic heterocycles.